The number of hydrogen-bond donors (Lipinski definition) is 1. The molecular weight excluding hydrogens is 214 g/mol. The molecule has 15 heavy (non-hydrogen) atoms. The van der Waals surface area contributed by atoms with Crippen LogP contribution in [0.5, 0.6) is 0 Å². The van der Waals surface area contributed by atoms with Gasteiger partial charge in [0.15, 0.2) is 9.84 Å². The van der Waals surface area contributed by atoms with Gasteiger partial charge in [0.1, 0.15) is 17.3 Å². The molecule has 0 aliphatic carbocycles. The van der Waals surface area contributed by atoms with Crippen molar-refractivity contribution in [2.24, 2.45) is 5.73 Å². The molecule has 0 unspecified atom stereocenters. The highest BCUT2D eigenvalue weighted by atomic mass is 32.2. The van der Waals surface area contributed by atoms with Crippen LogP contribution >= 0.6 is 0 Å². The maximum absolute atomic E-state index is 11.4. The van der Waals surface area contributed by atoms with Crippen LogP contribution in [0.2, 0.25) is 0 Å². The van der Waals surface area contributed by atoms with Crippen LogP contribution < -0.4 is 5.73 Å². The van der Waals surface area contributed by atoms with Gasteiger partial charge in [-0.25, -0.2) is 8.42 Å². The zero-order chi connectivity index (χ0) is 11.2. The van der Waals surface area contributed by atoms with Gasteiger partial charge in [0.05, 0.1) is 5.75 Å². The highest BCUT2D eigenvalue weighted by Gasteiger charge is 2.33. The van der Waals surface area contributed by atoms with Gasteiger partial charge in [-0.15, -0.1) is 0 Å². The molecule has 2 N–H and O–H groups in total. The average Bonchev–Trinajstić information content (AvgIpc) is 2.55. The lowest BCUT2D eigenvalue weighted by Gasteiger charge is -2.05. The van der Waals surface area contributed by atoms with Crippen molar-refractivity contribution in [3.8, 4) is 0 Å². The summed E-state index contributed by atoms with van der Waals surface area (Å²) in [5.41, 5.74) is 7.34. The third-order valence-corrected chi connectivity index (χ3v) is 4.11. The predicted octanol–water partition coefficient (Wildman–Crippen LogP) is 1.29. The molecule has 4 nitrogen and oxygen atoms in total. The van der Waals surface area contributed by atoms with E-state index in [2.05, 4.69) is 0 Å². The SMILES string of the molecule is CC(C)c1oc2c(c1CN)CS(=O)(=O)C2. The molecule has 0 atom stereocenters. The smallest absolute Gasteiger partial charge is 0.161 e. The number of hydrogen-bond acceptors (Lipinski definition) is 4. The Morgan fingerprint density at radius 1 is 1.40 bits per heavy atom. The third kappa shape index (κ3) is 1.70. The van der Waals surface area contributed by atoms with Gasteiger partial charge in [0.25, 0.3) is 0 Å². The van der Waals surface area contributed by atoms with E-state index < -0.39 is 9.84 Å². The monoisotopic (exact) mass is 229 g/mol. The largest absolute Gasteiger partial charge is 0.464 e. The number of rotatable bonds is 2. The molecule has 0 aromatic carbocycles. The highest BCUT2D eigenvalue weighted by molar-refractivity contribution is 7.90. The molecule has 0 saturated heterocycles. The van der Waals surface area contributed by atoms with Gasteiger partial charge in [-0.2, -0.15) is 0 Å². The highest BCUT2D eigenvalue weighted by Crippen LogP contribution is 2.35. The van der Waals surface area contributed by atoms with Crippen LogP contribution in [0.1, 0.15) is 42.4 Å². The zero-order valence-corrected chi connectivity index (χ0v) is 9.73. The lowest BCUT2D eigenvalue weighted by molar-refractivity contribution is 0.455. The van der Waals surface area contributed by atoms with Crippen molar-refractivity contribution in [1.29, 1.82) is 0 Å². The van der Waals surface area contributed by atoms with E-state index in [1.165, 1.54) is 0 Å². The van der Waals surface area contributed by atoms with Gasteiger partial charge in [0, 0.05) is 23.6 Å². The first kappa shape index (κ1) is 10.7. The molecule has 5 heteroatoms. The molecule has 0 amide bonds. The molecule has 2 rings (SSSR count). The average molecular weight is 229 g/mol. The topological polar surface area (TPSA) is 73.3 Å². The lowest BCUT2D eigenvalue weighted by Crippen LogP contribution is -2.05. The fourth-order valence-electron chi connectivity index (χ4n) is 2.02. The van der Waals surface area contributed by atoms with E-state index in [1.807, 2.05) is 13.8 Å². The Labute approximate surface area is 89.4 Å². The molecule has 0 saturated carbocycles. The Balaban J connectivity index is 2.53. The van der Waals surface area contributed by atoms with E-state index in [0.717, 1.165) is 16.9 Å². The molecule has 0 spiro atoms. The molecule has 1 aliphatic heterocycles. The van der Waals surface area contributed by atoms with E-state index in [0.29, 0.717) is 12.3 Å². The van der Waals surface area contributed by atoms with Crippen molar-refractivity contribution in [3.63, 3.8) is 0 Å². The first-order valence-corrected chi connectivity index (χ1v) is 6.80. The van der Waals surface area contributed by atoms with E-state index in [4.69, 9.17) is 10.2 Å². The number of fused-ring (bicyclic) bond motifs is 1. The summed E-state index contributed by atoms with van der Waals surface area (Å²) in [5.74, 6) is 1.81. The first-order chi connectivity index (χ1) is 6.94. The van der Waals surface area contributed by atoms with Crippen LogP contribution in [0, 0.1) is 0 Å². The van der Waals surface area contributed by atoms with Crippen molar-refractivity contribution in [2.45, 2.75) is 37.8 Å². The Kier molecular flexibility index (Phi) is 2.39. The standard InChI is InChI=1S/C10H15NO3S/c1-6(2)10-7(3-11)8-4-15(12,13)5-9(8)14-10/h6H,3-5,11H2,1-2H3. The predicted molar refractivity (Wildman–Crippen MR) is 57.0 cm³/mol. The molecule has 2 heterocycles. The van der Waals surface area contributed by atoms with Crippen molar-refractivity contribution >= 4 is 9.84 Å². The molecule has 1 aromatic heterocycles. The van der Waals surface area contributed by atoms with Crippen LogP contribution in [0.25, 0.3) is 0 Å². The molecule has 1 aliphatic rings. The van der Waals surface area contributed by atoms with Gasteiger partial charge < -0.3 is 10.2 Å². The second kappa shape index (κ2) is 3.35. The summed E-state index contributed by atoms with van der Waals surface area (Å²) in [6, 6.07) is 0. The van der Waals surface area contributed by atoms with Crippen molar-refractivity contribution < 1.29 is 12.8 Å². The van der Waals surface area contributed by atoms with Gasteiger partial charge in [-0.3, -0.25) is 0 Å². The summed E-state index contributed by atoms with van der Waals surface area (Å²) in [7, 11) is -2.99. The fraction of sp³-hybridized carbons (Fsp3) is 0.600. The van der Waals surface area contributed by atoms with Crippen LogP contribution in [-0.2, 0) is 27.9 Å². The van der Waals surface area contributed by atoms with Crippen LogP contribution in [0.3, 0.4) is 0 Å². The minimum absolute atomic E-state index is 0.0298. The summed E-state index contributed by atoms with van der Waals surface area (Å²) in [6.45, 7) is 4.38. The second-order valence-corrected chi connectivity index (χ2v) is 6.30. The quantitative estimate of drug-likeness (QED) is 0.829. The second-order valence-electron chi connectivity index (χ2n) is 4.24. The maximum atomic E-state index is 11.4. The van der Waals surface area contributed by atoms with Crippen molar-refractivity contribution in [2.75, 3.05) is 0 Å². The summed E-state index contributed by atoms with van der Waals surface area (Å²) in [4.78, 5) is 0. The van der Waals surface area contributed by atoms with Crippen molar-refractivity contribution in [1.82, 2.24) is 0 Å². The molecular formula is C10H15NO3S. The van der Waals surface area contributed by atoms with E-state index in [1.54, 1.807) is 0 Å². The fourth-order valence-corrected chi connectivity index (χ4v) is 3.53. The maximum Gasteiger partial charge on any atom is 0.161 e. The van der Waals surface area contributed by atoms with E-state index >= 15 is 0 Å². The zero-order valence-electron chi connectivity index (χ0n) is 8.91. The summed E-state index contributed by atoms with van der Waals surface area (Å²) in [5, 5.41) is 0. The summed E-state index contributed by atoms with van der Waals surface area (Å²) < 4.78 is 28.4. The Bertz CT molecular complexity index is 485. The molecule has 1 aromatic rings. The van der Waals surface area contributed by atoms with Gasteiger partial charge >= 0.3 is 0 Å². The Hall–Kier alpha value is -0.810. The number of nitrogens with two attached hydrogens (primary N) is 1. The van der Waals surface area contributed by atoms with E-state index in [9.17, 15) is 8.42 Å². The van der Waals surface area contributed by atoms with Gasteiger partial charge in [0.2, 0.25) is 0 Å². The number of sulfone groups is 1. The third-order valence-electron chi connectivity index (χ3n) is 2.68. The Morgan fingerprint density at radius 3 is 2.60 bits per heavy atom. The summed E-state index contributed by atoms with van der Waals surface area (Å²) in [6.07, 6.45) is 0. The molecule has 0 fully saturated rings. The van der Waals surface area contributed by atoms with Crippen LogP contribution in [0.4, 0.5) is 0 Å². The van der Waals surface area contributed by atoms with Gasteiger partial charge in [-0.05, 0) is 0 Å². The van der Waals surface area contributed by atoms with Crippen LogP contribution in [-0.4, -0.2) is 8.42 Å². The van der Waals surface area contributed by atoms with Gasteiger partial charge in [-0.1, -0.05) is 13.8 Å². The molecule has 0 bridgehead atoms. The first-order valence-electron chi connectivity index (χ1n) is 4.98. The van der Waals surface area contributed by atoms with Crippen molar-refractivity contribution in [3.05, 3.63) is 22.6 Å². The summed E-state index contributed by atoms with van der Waals surface area (Å²) >= 11 is 0. The minimum atomic E-state index is -2.99. The lowest BCUT2D eigenvalue weighted by atomic mass is 10.0. The molecule has 0 radical (unpaired) electrons. The molecule has 84 valence electrons. The number of furan rings is 1. The minimum Gasteiger partial charge on any atom is -0.464 e. The van der Waals surface area contributed by atoms with Crippen LogP contribution in [0.15, 0.2) is 4.42 Å². The van der Waals surface area contributed by atoms with E-state index in [-0.39, 0.29) is 17.4 Å². The normalized spacial score (nSPS) is 18.4. The Morgan fingerprint density at radius 2 is 2.07 bits per heavy atom.